The summed E-state index contributed by atoms with van der Waals surface area (Å²) in [6.45, 7) is 0.700. The minimum atomic E-state index is -0.624. The van der Waals surface area contributed by atoms with Gasteiger partial charge in [0, 0.05) is 21.9 Å². The minimum Gasteiger partial charge on any atom is -0.383 e. The van der Waals surface area contributed by atoms with Gasteiger partial charge < -0.3 is 10.4 Å². The van der Waals surface area contributed by atoms with Crippen LogP contribution in [-0.2, 0) is 19.3 Å². The number of aliphatic hydroxyl groups is 1. The third-order valence-electron chi connectivity index (χ3n) is 4.41. The fourth-order valence-corrected chi connectivity index (χ4v) is 4.52. The molecule has 4 heteroatoms. The Morgan fingerprint density at radius 3 is 2.90 bits per heavy atom. The van der Waals surface area contributed by atoms with Crippen LogP contribution >= 0.6 is 11.3 Å². The summed E-state index contributed by atoms with van der Waals surface area (Å²) in [5, 5.41) is 13.5. The van der Waals surface area contributed by atoms with E-state index in [9.17, 15) is 9.90 Å². The second kappa shape index (κ2) is 4.97. The van der Waals surface area contributed by atoms with E-state index in [1.807, 2.05) is 18.2 Å². The number of hydrogen-bond donors (Lipinski definition) is 2. The maximum Gasteiger partial charge on any atom is 0.251 e. The Bertz CT molecular complexity index is 698. The van der Waals surface area contributed by atoms with E-state index < -0.39 is 6.10 Å². The summed E-state index contributed by atoms with van der Waals surface area (Å²) in [6.07, 6.45) is 3.74. The van der Waals surface area contributed by atoms with Crippen molar-refractivity contribution in [3.05, 3.63) is 56.3 Å². The summed E-state index contributed by atoms with van der Waals surface area (Å²) in [5.41, 5.74) is 3.99. The molecule has 2 aliphatic rings. The molecule has 1 aromatic heterocycles. The Morgan fingerprint density at radius 1 is 1.14 bits per heavy atom. The molecule has 0 spiro atoms. The Morgan fingerprint density at radius 2 is 2.05 bits per heavy atom. The van der Waals surface area contributed by atoms with Gasteiger partial charge in [-0.15, -0.1) is 11.3 Å². The predicted molar refractivity (Wildman–Crippen MR) is 82.9 cm³/mol. The van der Waals surface area contributed by atoms with Crippen molar-refractivity contribution < 1.29 is 9.90 Å². The highest BCUT2D eigenvalue weighted by Crippen LogP contribution is 2.36. The highest BCUT2D eigenvalue weighted by Gasteiger charge is 2.22. The van der Waals surface area contributed by atoms with Gasteiger partial charge in [0.1, 0.15) is 6.10 Å². The lowest BCUT2D eigenvalue weighted by Gasteiger charge is -2.18. The second-order valence-corrected chi connectivity index (χ2v) is 6.94. The summed E-state index contributed by atoms with van der Waals surface area (Å²) in [4.78, 5) is 14.3. The van der Waals surface area contributed by atoms with Crippen LogP contribution < -0.4 is 5.32 Å². The van der Waals surface area contributed by atoms with E-state index in [0.717, 1.165) is 35.3 Å². The van der Waals surface area contributed by atoms with Crippen molar-refractivity contribution in [1.29, 1.82) is 0 Å². The van der Waals surface area contributed by atoms with Gasteiger partial charge in [-0.1, -0.05) is 12.1 Å². The molecule has 1 aliphatic heterocycles. The van der Waals surface area contributed by atoms with Gasteiger partial charge in [0.25, 0.3) is 5.91 Å². The molecule has 0 bridgehead atoms. The third-order valence-corrected chi connectivity index (χ3v) is 5.70. The van der Waals surface area contributed by atoms with E-state index in [0.29, 0.717) is 12.1 Å². The summed E-state index contributed by atoms with van der Waals surface area (Å²) in [6, 6.07) is 7.91. The van der Waals surface area contributed by atoms with Gasteiger partial charge in [-0.25, -0.2) is 0 Å². The zero-order valence-corrected chi connectivity index (χ0v) is 12.5. The highest BCUT2D eigenvalue weighted by atomic mass is 32.1. The molecule has 108 valence electrons. The van der Waals surface area contributed by atoms with Crippen molar-refractivity contribution in [3.63, 3.8) is 0 Å². The van der Waals surface area contributed by atoms with Gasteiger partial charge in [0.05, 0.1) is 0 Å². The Labute approximate surface area is 127 Å². The van der Waals surface area contributed by atoms with Gasteiger partial charge >= 0.3 is 0 Å². The van der Waals surface area contributed by atoms with Crippen molar-refractivity contribution in [2.24, 2.45) is 0 Å². The summed E-state index contributed by atoms with van der Waals surface area (Å²) in [5.74, 6) is -0.0287. The predicted octanol–water partition coefficient (Wildman–Crippen LogP) is 2.60. The van der Waals surface area contributed by atoms with Gasteiger partial charge in [-0.3, -0.25) is 4.79 Å². The molecule has 3 nitrogen and oxygen atoms in total. The number of aliphatic hydroxyl groups excluding tert-OH is 1. The summed E-state index contributed by atoms with van der Waals surface area (Å²) in [7, 11) is 0. The highest BCUT2D eigenvalue weighted by molar-refractivity contribution is 7.12. The maximum atomic E-state index is 11.9. The number of amides is 1. The van der Waals surface area contributed by atoms with Crippen molar-refractivity contribution in [1.82, 2.24) is 5.32 Å². The molecule has 1 atom stereocenters. The number of fused-ring (bicyclic) bond motifs is 2. The molecule has 2 heterocycles. The smallest absolute Gasteiger partial charge is 0.251 e. The van der Waals surface area contributed by atoms with Crippen LogP contribution in [0, 0.1) is 0 Å². The van der Waals surface area contributed by atoms with Crippen LogP contribution in [0.1, 0.15) is 49.3 Å². The van der Waals surface area contributed by atoms with Crippen LogP contribution in [0.15, 0.2) is 24.3 Å². The Kier molecular flexibility index (Phi) is 3.08. The van der Waals surface area contributed by atoms with Crippen molar-refractivity contribution in [3.8, 4) is 0 Å². The van der Waals surface area contributed by atoms with Gasteiger partial charge in [0.15, 0.2) is 0 Å². The van der Waals surface area contributed by atoms with Gasteiger partial charge in [-0.2, -0.15) is 0 Å². The van der Waals surface area contributed by atoms with Crippen LogP contribution in [0.25, 0.3) is 0 Å². The number of aryl methyl sites for hydroxylation is 2. The first kappa shape index (κ1) is 13.0. The van der Waals surface area contributed by atoms with Crippen LogP contribution in [-0.4, -0.2) is 17.6 Å². The first-order chi connectivity index (χ1) is 10.2. The quantitative estimate of drug-likeness (QED) is 0.895. The average molecular weight is 299 g/mol. The van der Waals surface area contributed by atoms with Crippen LogP contribution in [0.4, 0.5) is 0 Å². The molecule has 1 aromatic carbocycles. The lowest BCUT2D eigenvalue weighted by molar-refractivity contribution is 0.0945. The van der Waals surface area contributed by atoms with Crippen LogP contribution in [0.5, 0.6) is 0 Å². The van der Waals surface area contributed by atoms with E-state index >= 15 is 0 Å². The average Bonchev–Trinajstić information content (AvgIpc) is 3.08. The number of benzene rings is 1. The van der Waals surface area contributed by atoms with E-state index in [1.54, 1.807) is 11.3 Å². The molecule has 1 unspecified atom stereocenters. The molecule has 2 aromatic rings. The van der Waals surface area contributed by atoms with Crippen LogP contribution in [0.3, 0.4) is 0 Å². The Balaban J connectivity index is 1.69. The molecule has 21 heavy (non-hydrogen) atoms. The van der Waals surface area contributed by atoms with E-state index in [4.69, 9.17) is 0 Å². The molecular weight excluding hydrogens is 282 g/mol. The fraction of sp³-hybridized carbons (Fsp3) is 0.353. The lowest BCUT2D eigenvalue weighted by Crippen LogP contribution is -2.31. The number of thiophene rings is 1. The molecule has 1 aliphatic carbocycles. The SMILES string of the molecule is O=C1NCCc2ccc(C(O)c3cc4c(s3)CCC4)cc21. The minimum absolute atomic E-state index is 0.0287. The van der Waals surface area contributed by atoms with Gasteiger partial charge in [0.2, 0.25) is 0 Å². The molecule has 4 rings (SSSR count). The number of carbonyl (C=O) groups excluding carboxylic acids is 1. The summed E-state index contributed by atoms with van der Waals surface area (Å²) < 4.78 is 0. The zero-order chi connectivity index (χ0) is 14.4. The molecule has 0 fully saturated rings. The molecule has 0 saturated carbocycles. The molecular formula is C17H17NO2S. The van der Waals surface area contributed by atoms with E-state index in [1.165, 1.54) is 16.9 Å². The largest absolute Gasteiger partial charge is 0.383 e. The van der Waals surface area contributed by atoms with Gasteiger partial charge in [-0.05, 0) is 54.5 Å². The molecule has 2 N–H and O–H groups in total. The van der Waals surface area contributed by atoms with Crippen molar-refractivity contribution in [2.45, 2.75) is 31.8 Å². The van der Waals surface area contributed by atoms with Crippen LogP contribution in [0.2, 0.25) is 0 Å². The van der Waals surface area contributed by atoms with Crippen molar-refractivity contribution >= 4 is 17.2 Å². The van der Waals surface area contributed by atoms with E-state index in [-0.39, 0.29) is 5.91 Å². The first-order valence-corrected chi connectivity index (χ1v) is 8.24. The molecule has 0 saturated heterocycles. The van der Waals surface area contributed by atoms with Crippen molar-refractivity contribution in [2.75, 3.05) is 6.54 Å². The lowest BCUT2D eigenvalue weighted by atomic mass is 9.95. The number of rotatable bonds is 2. The first-order valence-electron chi connectivity index (χ1n) is 7.43. The molecule has 0 radical (unpaired) electrons. The second-order valence-electron chi connectivity index (χ2n) is 5.78. The number of nitrogens with one attached hydrogen (secondary N) is 1. The Hall–Kier alpha value is -1.65. The zero-order valence-electron chi connectivity index (χ0n) is 11.7. The standard InChI is InChI=1S/C17H17NO2S/c19-16(15-9-11-2-1-3-14(11)21-15)12-5-4-10-6-7-18-17(20)13(10)8-12/h4-5,8-9,16,19H,1-3,6-7H2,(H,18,20). The third kappa shape index (κ3) is 2.19. The monoisotopic (exact) mass is 299 g/mol. The maximum absolute atomic E-state index is 11.9. The van der Waals surface area contributed by atoms with E-state index in [2.05, 4.69) is 11.4 Å². The molecule has 1 amide bonds. The fourth-order valence-electron chi connectivity index (χ4n) is 3.25. The summed E-state index contributed by atoms with van der Waals surface area (Å²) >= 11 is 1.71. The number of hydrogen-bond acceptors (Lipinski definition) is 3. The number of carbonyl (C=O) groups is 1. The normalized spacial score (nSPS) is 18.0. The topological polar surface area (TPSA) is 49.3 Å².